The third-order valence-electron chi connectivity index (χ3n) is 3.05. The van der Waals surface area contributed by atoms with Crippen molar-refractivity contribution in [1.29, 1.82) is 0 Å². The minimum absolute atomic E-state index is 0.139. The van der Waals surface area contributed by atoms with Gasteiger partial charge in [-0.15, -0.1) is 0 Å². The van der Waals surface area contributed by atoms with Crippen molar-refractivity contribution in [2.24, 2.45) is 0 Å². The Morgan fingerprint density at radius 2 is 2.15 bits per heavy atom. The van der Waals surface area contributed by atoms with Crippen LogP contribution in [0.2, 0.25) is 0 Å². The number of anilines is 1. The highest BCUT2D eigenvalue weighted by atomic mass is 16.5. The molecule has 0 saturated heterocycles. The predicted molar refractivity (Wildman–Crippen MR) is 75.0 cm³/mol. The Labute approximate surface area is 118 Å². The molecule has 0 bridgehead atoms. The van der Waals surface area contributed by atoms with Gasteiger partial charge in [-0.25, -0.2) is 0 Å². The molecule has 0 unspecified atom stereocenters. The second-order valence-electron chi connectivity index (χ2n) is 4.61. The van der Waals surface area contributed by atoms with E-state index in [0.717, 1.165) is 24.4 Å². The van der Waals surface area contributed by atoms with Gasteiger partial charge in [0.1, 0.15) is 12.2 Å². The summed E-state index contributed by atoms with van der Waals surface area (Å²) in [5, 5.41) is 0. The molecule has 2 rings (SSSR count). The van der Waals surface area contributed by atoms with E-state index in [-0.39, 0.29) is 18.7 Å². The van der Waals surface area contributed by atoms with Crippen LogP contribution in [0.25, 0.3) is 0 Å². The highest BCUT2D eigenvalue weighted by molar-refractivity contribution is 5.98. The second-order valence-corrected chi connectivity index (χ2v) is 4.61. The number of ketones is 1. The van der Waals surface area contributed by atoms with Gasteiger partial charge in [-0.1, -0.05) is 12.1 Å². The quantitative estimate of drug-likeness (QED) is 0.607. The summed E-state index contributed by atoms with van der Waals surface area (Å²) in [6, 6.07) is 7.64. The van der Waals surface area contributed by atoms with Crippen molar-refractivity contribution in [3.63, 3.8) is 0 Å². The third kappa shape index (κ3) is 3.73. The van der Waals surface area contributed by atoms with E-state index in [4.69, 9.17) is 9.47 Å². The molecule has 5 nitrogen and oxygen atoms in total. The molecule has 1 aliphatic rings. The van der Waals surface area contributed by atoms with E-state index in [1.54, 1.807) is 6.92 Å². The zero-order chi connectivity index (χ0) is 14.4. The number of hydrogen-bond donors (Lipinski definition) is 0. The van der Waals surface area contributed by atoms with Gasteiger partial charge >= 0.3 is 5.97 Å². The molecule has 0 atom stereocenters. The number of fused-ring (bicyclic) bond motifs is 1. The smallest absolute Gasteiger partial charge is 0.313 e. The normalized spacial score (nSPS) is 13.9. The predicted octanol–water partition coefficient (Wildman–Crippen LogP) is 1.80. The van der Waals surface area contributed by atoms with E-state index in [0.29, 0.717) is 13.2 Å². The lowest BCUT2D eigenvalue weighted by molar-refractivity contribution is -0.145. The first kappa shape index (κ1) is 14.4. The lowest BCUT2D eigenvalue weighted by Gasteiger charge is -2.22. The maximum absolute atomic E-state index is 11.9. The number of carbonyl (C=O) groups excluding carboxylic acids is 2. The molecule has 0 aliphatic carbocycles. The number of para-hydroxylation sites is 2. The van der Waals surface area contributed by atoms with Crippen molar-refractivity contribution in [2.45, 2.75) is 19.8 Å². The van der Waals surface area contributed by atoms with Crippen LogP contribution >= 0.6 is 0 Å². The molecular weight excluding hydrogens is 258 g/mol. The van der Waals surface area contributed by atoms with E-state index in [1.807, 2.05) is 29.2 Å². The number of hydrogen-bond acceptors (Lipinski definition) is 5. The molecule has 108 valence electrons. The van der Waals surface area contributed by atoms with E-state index >= 15 is 0 Å². The third-order valence-corrected chi connectivity index (χ3v) is 3.05. The van der Waals surface area contributed by atoms with Gasteiger partial charge in [0, 0.05) is 6.54 Å². The number of rotatable bonds is 5. The van der Waals surface area contributed by atoms with Crippen LogP contribution in [-0.2, 0) is 14.3 Å². The number of esters is 1. The van der Waals surface area contributed by atoms with Crippen LogP contribution in [0.15, 0.2) is 24.3 Å². The molecular formula is C15H19NO4. The molecule has 0 fully saturated rings. The zero-order valence-electron chi connectivity index (χ0n) is 11.6. The molecule has 0 saturated carbocycles. The molecule has 0 spiro atoms. The molecule has 0 aromatic heterocycles. The molecule has 5 heteroatoms. The fraction of sp³-hybridized carbons (Fsp3) is 0.467. The number of benzene rings is 1. The van der Waals surface area contributed by atoms with E-state index in [2.05, 4.69) is 0 Å². The molecule has 0 N–H and O–H groups in total. The Kier molecular flexibility index (Phi) is 4.98. The van der Waals surface area contributed by atoms with Gasteiger partial charge in [0.2, 0.25) is 0 Å². The summed E-state index contributed by atoms with van der Waals surface area (Å²) in [5.74, 6) is 0.186. The van der Waals surface area contributed by atoms with Gasteiger partial charge in [0.25, 0.3) is 0 Å². The Morgan fingerprint density at radius 1 is 1.35 bits per heavy atom. The molecule has 0 amide bonds. The summed E-state index contributed by atoms with van der Waals surface area (Å²) in [6.07, 6.45) is 0.675. The van der Waals surface area contributed by atoms with Crippen molar-refractivity contribution in [3.05, 3.63) is 24.3 Å². The van der Waals surface area contributed by atoms with Crippen LogP contribution in [0, 0.1) is 0 Å². The average Bonchev–Trinajstić information content (AvgIpc) is 2.62. The number of carbonyl (C=O) groups is 2. The van der Waals surface area contributed by atoms with Gasteiger partial charge < -0.3 is 14.4 Å². The SMILES string of the molecule is CCOC(=O)CC(=O)CN1CCCOc2ccccc21. The summed E-state index contributed by atoms with van der Waals surface area (Å²) in [4.78, 5) is 25.2. The average molecular weight is 277 g/mol. The van der Waals surface area contributed by atoms with Crippen LogP contribution in [0.3, 0.4) is 0 Å². The van der Waals surface area contributed by atoms with Crippen molar-refractivity contribution in [3.8, 4) is 5.75 Å². The van der Waals surface area contributed by atoms with Crippen LogP contribution in [0.4, 0.5) is 5.69 Å². The van der Waals surface area contributed by atoms with Gasteiger partial charge in [-0.3, -0.25) is 9.59 Å². The number of ether oxygens (including phenoxy) is 2. The van der Waals surface area contributed by atoms with Crippen molar-refractivity contribution in [2.75, 3.05) is 31.2 Å². The lowest BCUT2D eigenvalue weighted by Crippen LogP contribution is -2.31. The minimum atomic E-state index is -0.461. The monoisotopic (exact) mass is 277 g/mol. The Bertz CT molecular complexity index is 487. The maximum atomic E-state index is 11.9. The zero-order valence-corrected chi connectivity index (χ0v) is 11.6. The Balaban J connectivity index is 2.02. The Morgan fingerprint density at radius 3 is 2.95 bits per heavy atom. The first-order valence-electron chi connectivity index (χ1n) is 6.85. The second kappa shape index (κ2) is 6.93. The van der Waals surface area contributed by atoms with Crippen LogP contribution < -0.4 is 9.64 Å². The van der Waals surface area contributed by atoms with E-state index in [1.165, 1.54) is 0 Å². The Hall–Kier alpha value is -2.04. The lowest BCUT2D eigenvalue weighted by atomic mass is 10.2. The molecule has 1 aromatic carbocycles. The highest BCUT2D eigenvalue weighted by Crippen LogP contribution is 2.30. The van der Waals surface area contributed by atoms with Gasteiger partial charge in [0.05, 0.1) is 25.4 Å². The fourth-order valence-corrected chi connectivity index (χ4v) is 2.20. The molecule has 0 radical (unpaired) electrons. The molecule has 20 heavy (non-hydrogen) atoms. The minimum Gasteiger partial charge on any atom is -0.491 e. The molecule has 1 aromatic rings. The first-order chi connectivity index (χ1) is 9.70. The summed E-state index contributed by atoms with van der Waals surface area (Å²) < 4.78 is 10.4. The van der Waals surface area contributed by atoms with Crippen molar-refractivity contribution < 1.29 is 19.1 Å². The van der Waals surface area contributed by atoms with Gasteiger partial charge in [0.15, 0.2) is 5.78 Å². The largest absolute Gasteiger partial charge is 0.491 e. The van der Waals surface area contributed by atoms with Gasteiger partial charge in [-0.05, 0) is 25.5 Å². The summed E-state index contributed by atoms with van der Waals surface area (Å²) in [7, 11) is 0. The van der Waals surface area contributed by atoms with E-state index in [9.17, 15) is 9.59 Å². The number of nitrogens with zero attached hydrogens (tertiary/aromatic N) is 1. The fourth-order valence-electron chi connectivity index (χ4n) is 2.20. The maximum Gasteiger partial charge on any atom is 0.313 e. The van der Waals surface area contributed by atoms with Gasteiger partial charge in [-0.2, -0.15) is 0 Å². The topological polar surface area (TPSA) is 55.8 Å². The highest BCUT2D eigenvalue weighted by Gasteiger charge is 2.19. The van der Waals surface area contributed by atoms with Crippen LogP contribution in [-0.4, -0.2) is 38.1 Å². The molecule has 1 aliphatic heterocycles. The molecule has 1 heterocycles. The summed E-state index contributed by atoms with van der Waals surface area (Å²) in [5.41, 5.74) is 0.905. The first-order valence-corrected chi connectivity index (χ1v) is 6.85. The van der Waals surface area contributed by atoms with Crippen LogP contribution in [0.1, 0.15) is 19.8 Å². The standard InChI is InChI=1S/C15H19NO4/c1-2-19-15(18)10-12(17)11-16-8-5-9-20-14-7-4-3-6-13(14)16/h3-4,6-7H,2,5,8-11H2,1H3. The van der Waals surface area contributed by atoms with E-state index < -0.39 is 5.97 Å². The van der Waals surface area contributed by atoms with Crippen LogP contribution in [0.5, 0.6) is 5.75 Å². The summed E-state index contributed by atoms with van der Waals surface area (Å²) >= 11 is 0. The van der Waals surface area contributed by atoms with Crippen molar-refractivity contribution >= 4 is 17.4 Å². The summed E-state index contributed by atoms with van der Waals surface area (Å²) in [6.45, 7) is 3.61. The number of Topliss-reactive ketones (excluding diaryl/α,β-unsaturated/α-hetero) is 1. The van der Waals surface area contributed by atoms with Crippen molar-refractivity contribution in [1.82, 2.24) is 0 Å².